The van der Waals surface area contributed by atoms with Crippen molar-refractivity contribution in [2.75, 3.05) is 6.54 Å². The van der Waals surface area contributed by atoms with Gasteiger partial charge < -0.3 is 16.3 Å². The maximum Gasteiger partial charge on any atom is 0.139 e. The van der Waals surface area contributed by atoms with Gasteiger partial charge >= 0.3 is 0 Å². The van der Waals surface area contributed by atoms with E-state index in [1.54, 1.807) is 0 Å². The fourth-order valence-corrected chi connectivity index (χ4v) is 3.19. The first-order valence-corrected chi connectivity index (χ1v) is 7.35. The van der Waals surface area contributed by atoms with E-state index in [-0.39, 0.29) is 5.41 Å². The first kappa shape index (κ1) is 13.7. The van der Waals surface area contributed by atoms with E-state index < -0.39 is 0 Å². The SMILES string of the molecule is C[C@@H](NCC1(CC(N)=NO)CC1)C1CCCCC1. The van der Waals surface area contributed by atoms with Gasteiger partial charge in [0.2, 0.25) is 0 Å². The maximum absolute atomic E-state index is 8.65. The van der Waals surface area contributed by atoms with Crippen LogP contribution in [0.25, 0.3) is 0 Å². The van der Waals surface area contributed by atoms with E-state index in [2.05, 4.69) is 17.4 Å². The van der Waals surface area contributed by atoms with E-state index in [4.69, 9.17) is 10.9 Å². The molecule has 2 aliphatic carbocycles. The summed E-state index contributed by atoms with van der Waals surface area (Å²) in [5.74, 6) is 1.22. The monoisotopic (exact) mass is 253 g/mol. The molecular formula is C14H27N3O. The van der Waals surface area contributed by atoms with Crippen molar-refractivity contribution >= 4 is 5.84 Å². The summed E-state index contributed by atoms with van der Waals surface area (Å²) in [6.45, 7) is 3.33. The lowest BCUT2D eigenvalue weighted by molar-refractivity contribution is 0.268. The summed E-state index contributed by atoms with van der Waals surface area (Å²) in [6.07, 6.45) is 10.1. The van der Waals surface area contributed by atoms with Crippen LogP contribution in [0.4, 0.5) is 0 Å². The van der Waals surface area contributed by atoms with E-state index in [1.165, 1.54) is 44.9 Å². The second-order valence-electron chi connectivity index (χ2n) is 6.34. The molecule has 0 amide bonds. The van der Waals surface area contributed by atoms with Gasteiger partial charge in [0, 0.05) is 19.0 Å². The molecule has 2 rings (SSSR count). The number of hydrogen-bond acceptors (Lipinski definition) is 3. The van der Waals surface area contributed by atoms with Crippen LogP contribution in [0.3, 0.4) is 0 Å². The summed E-state index contributed by atoms with van der Waals surface area (Å²) >= 11 is 0. The largest absolute Gasteiger partial charge is 0.409 e. The maximum atomic E-state index is 8.65. The van der Waals surface area contributed by atoms with Crippen LogP contribution in [0, 0.1) is 11.3 Å². The van der Waals surface area contributed by atoms with Gasteiger partial charge in [-0.05, 0) is 43.9 Å². The Bertz CT molecular complexity index is 293. The third-order valence-electron chi connectivity index (χ3n) is 4.80. The van der Waals surface area contributed by atoms with Crippen molar-refractivity contribution in [1.29, 1.82) is 0 Å². The second kappa shape index (κ2) is 5.91. The lowest BCUT2D eigenvalue weighted by Gasteiger charge is -2.29. The molecule has 18 heavy (non-hydrogen) atoms. The lowest BCUT2D eigenvalue weighted by Crippen LogP contribution is -2.39. The first-order chi connectivity index (χ1) is 8.65. The molecular weight excluding hydrogens is 226 g/mol. The quantitative estimate of drug-likeness (QED) is 0.295. The van der Waals surface area contributed by atoms with Gasteiger partial charge in [-0.3, -0.25) is 0 Å². The van der Waals surface area contributed by atoms with Crippen molar-refractivity contribution in [3.05, 3.63) is 0 Å². The highest BCUT2D eigenvalue weighted by Crippen LogP contribution is 2.48. The van der Waals surface area contributed by atoms with Gasteiger partial charge in [0.1, 0.15) is 5.84 Å². The molecule has 0 aromatic rings. The summed E-state index contributed by atoms with van der Waals surface area (Å²) in [5.41, 5.74) is 5.90. The van der Waals surface area contributed by atoms with Crippen LogP contribution in [0.2, 0.25) is 0 Å². The zero-order valence-corrected chi connectivity index (χ0v) is 11.5. The van der Waals surface area contributed by atoms with Crippen molar-refractivity contribution in [3.8, 4) is 0 Å². The van der Waals surface area contributed by atoms with Crippen molar-refractivity contribution in [3.63, 3.8) is 0 Å². The highest BCUT2D eigenvalue weighted by molar-refractivity contribution is 5.80. The van der Waals surface area contributed by atoms with Crippen LogP contribution >= 0.6 is 0 Å². The highest BCUT2D eigenvalue weighted by atomic mass is 16.4. The molecule has 2 aliphatic rings. The molecule has 0 saturated heterocycles. The minimum absolute atomic E-state index is 0.277. The predicted molar refractivity (Wildman–Crippen MR) is 73.7 cm³/mol. The average Bonchev–Trinajstić information content (AvgIpc) is 3.17. The van der Waals surface area contributed by atoms with Gasteiger partial charge in [0.25, 0.3) is 0 Å². The van der Waals surface area contributed by atoms with E-state index in [0.29, 0.717) is 11.9 Å². The summed E-state index contributed by atoms with van der Waals surface area (Å²) in [5, 5.41) is 15.4. The Morgan fingerprint density at radius 2 is 2.06 bits per heavy atom. The number of hydrogen-bond donors (Lipinski definition) is 3. The van der Waals surface area contributed by atoms with E-state index >= 15 is 0 Å². The van der Waals surface area contributed by atoms with Gasteiger partial charge in [-0.25, -0.2) is 0 Å². The Morgan fingerprint density at radius 1 is 1.39 bits per heavy atom. The van der Waals surface area contributed by atoms with Crippen LogP contribution in [-0.2, 0) is 0 Å². The Labute approximate surface area is 110 Å². The zero-order chi connectivity index (χ0) is 13.0. The molecule has 2 saturated carbocycles. The molecule has 2 fully saturated rings. The Balaban J connectivity index is 1.73. The lowest BCUT2D eigenvalue weighted by atomic mass is 9.84. The number of amidine groups is 1. The number of rotatable bonds is 6. The van der Waals surface area contributed by atoms with Crippen molar-refractivity contribution < 1.29 is 5.21 Å². The van der Waals surface area contributed by atoms with Crippen LogP contribution < -0.4 is 11.1 Å². The van der Waals surface area contributed by atoms with Crippen LogP contribution in [0.1, 0.15) is 58.3 Å². The van der Waals surface area contributed by atoms with Gasteiger partial charge in [-0.15, -0.1) is 0 Å². The molecule has 4 nitrogen and oxygen atoms in total. The summed E-state index contributed by atoms with van der Waals surface area (Å²) in [7, 11) is 0. The number of nitrogens with one attached hydrogen (secondary N) is 1. The standard InChI is InChI=1S/C14H27N3O/c1-11(12-5-3-2-4-6-12)16-10-14(7-8-14)9-13(15)17-18/h11-12,16,18H,2-10H2,1H3,(H2,15,17)/t11-/m1/s1. The Morgan fingerprint density at radius 3 is 2.61 bits per heavy atom. The van der Waals surface area contributed by atoms with Gasteiger partial charge in [-0.1, -0.05) is 24.4 Å². The van der Waals surface area contributed by atoms with Gasteiger partial charge in [0.15, 0.2) is 0 Å². The summed E-state index contributed by atoms with van der Waals surface area (Å²) in [4.78, 5) is 0. The molecule has 0 aromatic heterocycles. The predicted octanol–water partition coefficient (Wildman–Crippen LogP) is 2.46. The smallest absolute Gasteiger partial charge is 0.139 e. The van der Waals surface area contributed by atoms with E-state index in [0.717, 1.165) is 18.9 Å². The molecule has 0 unspecified atom stereocenters. The molecule has 4 N–H and O–H groups in total. The van der Waals surface area contributed by atoms with Crippen molar-refractivity contribution in [2.45, 2.75) is 64.3 Å². The molecule has 4 heteroatoms. The van der Waals surface area contributed by atoms with E-state index in [9.17, 15) is 0 Å². The minimum atomic E-state index is 0.277. The van der Waals surface area contributed by atoms with E-state index in [1.807, 2.05) is 0 Å². The molecule has 0 heterocycles. The number of nitrogens with zero attached hydrogens (tertiary/aromatic N) is 1. The summed E-state index contributed by atoms with van der Waals surface area (Å²) in [6, 6.07) is 0.607. The van der Waals surface area contributed by atoms with Crippen LogP contribution in [0.5, 0.6) is 0 Å². The Hall–Kier alpha value is -0.770. The normalized spacial score (nSPS) is 25.9. The van der Waals surface area contributed by atoms with Crippen molar-refractivity contribution in [1.82, 2.24) is 5.32 Å². The number of nitrogens with two attached hydrogens (primary N) is 1. The zero-order valence-electron chi connectivity index (χ0n) is 11.5. The molecule has 104 valence electrons. The average molecular weight is 253 g/mol. The van der Waals surface area contributed by atoms with Crippen molar-refractivity contribution in [2.24, 2.45) is 22.2 Å². The third-order valence-corrected chi connectivity index (χ3v) is 4.80. The van der Waals surface area contributed by atoms with Gasteiger partial charge in [0.05, 0.1) is 0 Å². The fraction of sp³-hybridized carbons (Fsp3) is 0.929. The minimum Gasteiger partial charge on any atom is -0.409 e. The third kappa shape index (κ3) is 3.61. The molecule has 1 atom stereocenters. The topological polar surface area (TPSA) is 70.6 Å². The second-order valence-corrected chi connectivity index (χ2v) is 6.34. The molecule has 0 bridgehead atoms. The molecule has 0 radical (unpaired) electrons. The summed E-state index contributed by atoms with van der Waals surface area (Å²) < 4.78 is 0. The molecule has 0 aliphatic heterocycles. The Kier molecular flexibility index (Phi) is 4.49. The molecule has 0 spiro atoms. The number of oxime groups is 1. The molecule has 0 aromatic carbocycles. The fourth-order valence-electron chi connectivity index (χ4n) is 3.19. The van der Waals surface area contributed by atoms with Gasteiger partial charge in [-0.2, -0.15) is 0 Å². The van der Waals surface area contributed by atoms with Crippen LogP contribution in [0.15, 0.2) is 5.16 Å². The first-order valence-electron chi connectivity index (χ1n) is 7.35. The highest BCUT2D eigenvalue weighted by Gasteiger charge is 2.43. The van der Waals surface area contributed by atoms with Crippen LogP contribution in [-0.4, -0.2) is 23.6 Å².